The van der Waals surface area contributed by atoms with Crippen molar-refractivity contribution >= 4 is 23.1 Å². The van der Waals surface area contributed by atoms with Crippen LogP contribution in [-0.4, -0.2) is 116 Å². The number of aliphatic imine (C=N–C) groups is 1. The average molecular weight is 586 g/mol. The Morgan fingerprint density at radius 2 is 2.05 bits per heavy atom. The summed E-state index contributed by atoms with van der Waals surface area (Å²) in [5.74, 6) is 0.522. The molecule has 6 heterocycles. The molecule has 5 aliphatic heterocycles. The van der Waals surface area contributed by atoms with E-state index in [4.69, 9.17) is 20.2 Å². The number of rotatable bonds is 7. The number of hydrogen-bond donors (Lipinski definition) is 1. The van der Waals surface area contributed by atoms with E-state index in [0.29, 0.717) is 63.2 Å². The zero-order chi connectivity index (χ0) is 29.6. The SMILES string of the molecule is C=CC(=O)N1CCN(C2CN3c4cc(N5CC6(C5)OC[C@H](COC)N=C6/C(C)=C\N)nc(C(F)F)c4CCCC23)CC1. The van der Waals surface area contributed by atoms with Crippen LogP contribution in [0.5, 0.6) is 0 Å². The summed E-state index contributed by atoms with van der Waals surface area (Å²) in [7, 11) is 1.64. The fourth-order valence-corrected chi connectivity index (χ4v) is 7.27. The number of nitrogens with two attached hydrogens (primary N) is 1. The van der Waals surface area contributed by atoms with Gasteiger partial charge in [0.15, 0.2) is 0 Å². The molecule has 2 unspecified atom stereocenters. The molecule has 0 saturated carbocycles. The zero-order valence-electron chi connectivity index (χ0n) is 24.5. The Balaban J connectivity index is 1.22. The first kappa shape index (κ1) is 29.0. The van der Waals surface area contributed by atoms with Gasteiger partial charge in [-0.2, -0.15) is 0 Å². The van der Waals surface area contributed by atoms with Gasteiger partial charge in [-0.05, 0) is 44.0 Å². The Morgan fingerprint density at radius 1 is 1.29 bits per heavy atom. The number of fused-ring (bicyclic) bond motifs is 3. The van der Waals surface area contributed by atoms with Crippen LogP contribution in [0.1, 0.15) is 37.4 Å². The van der Waals surface area contributed by atoms with Gasteiger partial charge in [0.25, 0.3) is 6.43 Å². The molecule has 10 nitrogen and oxygen atoms in total. The van der Waals surface area contributed by atoms with Crippen molar-refractivity contribution in [2.75, 3.05) is 75.9 Å². The molecular formula is C30H41F2N7O3. The molecule has 2 N–H and O–H groups in total. The topological polar surface area (TPSA) is 99.8 Å². The molecule has 42 heavy (non-hydrogen) atoms. The highest BCUT2D eigenvalue weighted by Crippen LogP contribution is 2.44. The van der Waals surface area contributed by atoms with E-state index in [-0.39, 0.29) is 23.7 Å². The normalized spacial score (nSPS) is 27.5. The van der Waals surface area contributed by atoms with Gasteiger partial charge in [-0.3, -0.25) is 14.7 Å². The van der Waals surface area contributed by atoms with Crippen LogP contribution in [0.25, 0.3) is 0 Å². The van der Waals surface area contributed by atoms with Crippen molar-refractivity contribution in [1.29, 1.82) is 0 Å². The summed E-state index contributed by atoms with van der Waals surface area (Å²) in [4.78, 5) is 30.1. The first-order valence-electron chi connectivity index (χ1n) is 14.9. The molecule has 1 aromatic rings. The van der Waals surface area contributed by atoms with E-state index in [1.54, 1.807) is 7.11 Å². The van der Waals surface area contributed by atoms with Gasteiger partial charge in [0.2, 0.25) is 5.91 Å². The van der Waals surface area contributed by atoms with Crippen molar-refractivity contribution < 1.29 is 23.0 Å². The van der Waals surface area contributed by atoms with Crippen molar-refractivity contribution in [3.8, 4) is 0 Å². The first-order valence-corrected chi connectivity index (χ1v) is 14.9. The summed E-state index contributed by atoms with van der Waals surface area (Å²) >= 11 is 0. The summed E-state index contributed by atoms with van der Waals surface area (Å²) in [6, 6.07) is 2.49. The van der Waals surface area contributed by atoms with Crippen molar-refractivity contribution in [1.82, 2.24) is 14.8 Å². The lowest BCUT2D eigenvalue weighted by atomic mass is 9.83. The molecule has 3 atom stereocenters. The summed E-state index contributed by atoms with van der Waals surface area (Å²) in [5, 5.41) is 0. The Kier molecular flexibility index (Phi) is 7.97. The van der Waals surface area contributed by atoms with Crippen LogP contribution in [0.4, 0.5) is 20.3 Å². The van der Waals surface area contributed by atoms with Crippen LogP contribution in [0, 0.1) is 0 Å². The number of piperazine rings is 1. The third-order valence-electron chi connectivity index (χ3n) is 9.55. The van der Waals surface area contributed by atoms with Crippen molar-refractivity contribution in [2.24, 2.45) is 10.7 Å². The quantitative estimate of drug-likeness (QED) is 0.486. The van der Waals surface area contributed by atoms with Crippen LogP contribution in [0.2, 0.25) is 0 Å². The number of anilines is 2. The monoisotopic (exact) mass is 585 g/mol. The van der Waals surface area contributed by atoms with E-state index in [1.807, 2.05) is 22.8 Å². The number of hydrogen-bond acceptors (Lipinski definition) is 9. The van der Waals surface area contributed by atoms with Gasteiger partial charge < -0.3 is 29.9 Å². The van der Waals surface area contributed by atoms with E-state index in [0.717, 1.165) is 49.4 Å². The molecule has 3 fully saturated rings. The van der Waals surface area contributed by atoms with Crippen LogP contribution in [-0.2, 0) is 20.7 Å². The lowest BCUT2D eigenvalue weighted by Gasteiger charge is -2.55. The van der Waals surface area contributed by atoms with Crippen LogP contribution in [0.3, 0.4) is 0 Å². The number of halogens is 2. The molecular weight excluding hydrogens is 544 g/mol. The maximum atomic E-state index is 14.4. The molecule has 1 aromatic heterocycles. The summed E-state index contributed by atoms with van der Waals surface area (Å²) in [6.07, 6.45) is 2.63. The molecule has 5 aliphatic rings. The minimum Gasteiger partial charge on any atom is -0.404 e. The first-order chi connectivity index (χ1) is 20.3. The Hall–Kier alpha value is -3.09. The molecule has 1 amide bonds. The van der Waals surface area contributed by atoms with E-state index in [1.165, 1.54) is 12.3 Å². The number of carbonyl (C=O) groups is 1. The third kappa shape index (κ3) is 4.97. The maximum Gasteiger partial charge on any atom is 0.280 e. The van der Waals surface area contributed by atoms with Crippen LogP contribution in [0.15, 0.2) is 35.5 Å². The van der Waals surface area contributed by atoms with Gasteiger partial charge in [-0.15, -0.1) is 0 Å². The number of methoxy groups -OCH3 is 1. The van der Waals surface area contributed by atoms with Gasteiger partial charge in [-0.25, -0.2) is 13.8 Å². The second-order valence-electron chi connectivity index (χ2n) is 12.0. The number of pyridine rings is 1. The Bertz CT molecular complexity index is 1270. The standard InChI is InChI=1S/C30H41F2N7O3/c1-4-26(40)37-10-8-36(9-11-37)24-14-39-22(24)7-5-6-21-23(39)12-25(35-27(21)29(31)32)38-17-30(18-38)28(19(2)13-33)34-20(15-41-3)16-42-30/h4,12-13,20,22,24,29H,1,5-11,14-18,33H2,2-3H3/b19-13-/t20-,22?,24?/m0/s1. The van der Waals surface area contributed by atoms with E-state index < -0.39 is 12.0 Å². The van der Waals surface area contributed by atoms with Crippen molar-refractivity contribution in [3.63, 3.8) is 0 Å². The molecule has 0 radical (unpaired) electrons. The van der Waals surface area contributed by atoms with Gasteiger partial charge in [0, 0.05) is 69.2 Å². The number of aromatic nitrogens is 1. The number of alkyl halides is 2. The minimum absolute atomic E-state index is 0.0263. The predicted molar refractivity (Wildman–Crippen MR) is 157 cm³/mol. The lowest BCUT2D eigenvalue weighted by molar-refractivity contribution is -0.128. The van der Waals surface area contributed by atoms with Crippen LogP contribution >= 0.6 is 0 Å². The maximum absolute atomic E-state index is 14.4. The second kappa shape index (κ2) is 11.5. The number of nitrogens with zero attached hydrogens (tertiary/aromatic N) is 6. The molecule has 6 rings (SSSR count). The predicted octanol–water partition coefficient (Wildman–Crippen LogP) is 2.15. The highest BCUT2D eigenvalue weighted by molar-refractivity contribution is 6.08. The van der Waals surface area contributed by atoms with E-state index >= 15 is 0 Å². The number of amides is 1. The summed E-state index contributed by atoms with van der Waals surface area (Å²) < 4.78 is 40.5. The van der Waals surface area contributed by atoms with Gasteiger partial charge in [0.05, 0.1) is 38.1 Å². The molecule has 228 valence electrons. The highest BCUT2D eigenvalue weighted by Gasteiger charge is 2.52. The van der Waals surface area contributed by atoms with Crippen molar-refractivity contribution in [3.05, 3.63) is 41.8 Å². The van der Waals surface area contributed by atoms with E-state index in [2.05, 4.69) is 21.4 Å². The van der Waals surface area contributed by atoms with Gasteiger partial charge >= 0.3 is 0 Å². The fraction of sp³-hybridized carbons (Fsp3) is 0.633. The minimum atomic E-state index is -2.65. The molecule has 0 aliphatic carbocycles. The summed E-state index contributed by atoms with van der Waals surface area (Å²) in [5.41, 5.74) is 8.29. The average Bonchev–Trinajstić information content (AvgIpc) is 3.10. The van der Waals surface area contributed by atoms with E-state index in [9.17, 15) is 13.6 Å². The van der Waals surface area contributed by atoms with Gasteiger partial charge in [-0.1, -0.05) is 6.58 Å². The van der Waals surface area contributed by atoms with Gasteiger partial charge in [0.1, 0.15) is 17.1 Å². The van der Waals surface area contributed by atoms with Crippen LogP contribution < -0.4 is 15.5 Å². The van der Waals surface area contributed by atoms with Crippen molar-refractivity contribution in [2.45, 2.75) is 56.3 Å². The Labute approximate surface area is 245 Å². The fourth-order valence-electron chi connectivity index (χ4n) is 7.27. The zero-order valence-corrected chi connectivity index (χ0v) is 24.5. The molecule has 12 heteroatoms. The molecule has 1 spiro atoms. The Morgan fingerprint density at radius 3 is 2.71 bits per heavy atom. The summed E-state index contributed by atoms with van der Waals surface area (Å²) in [6.45, 7) is 11.1. The molecule has 3 saturated heterocycles. The third-order valence-corrected chi connectivity index (χ3v) is 9.55. The highest BCUT2D eigenvalue weighted by atomic mass is 19.3. The smallest absolute Gasteiger partial charge is 0.280 e. The lowest BCUT2D eigenvalue weighted by Crippen LogP contribution is -2.70. The second-order valence-corrected chi connectivity index (χ2v) is 12.0. The number of carbonyl (C=O) groups excluding carboxylic acids is 1. The number of ether oxygens (including phenoxy) is 2. The molecule has 0 aromatic carbocycles. The molecule has 0 bridgehead atoms. The largest absolute Gasteiger partial charge is 0.404 e.